The molecular weight excluding hydrogens is 442 g/mol. The normalized spacial score (nSPS) is 12.4. The number of methoxy groups -OCH3 is 1. The zero-order chi connectivity index (χ0) is 24.9. The van der Waals surface area contributed by atoms with Crippen LogP contribution in [0.25, 0.3) is 0 Å². The van der Waals surface area contributed by atoms with E-state index in [0.717, 1.165) is 16.9 Å². The van der Waals surface area contributed by atoms with Gasteiger partial charge in [-0.05, 0) is 41.8 Å². The van der Waals surface area contributed by atoms with Crippen LogP contribution >= 0.6 is 0 Å². The first kappa shape index (κ1) is 25.9. The highest BCUT2D eigenvalue weighted by Crippen LogP contribution is 2.12. The molecule has 0 aliphatic heterocycles. The van der Waals surface area contributed by atoms with Crippen molar-refractivity contribution >= 4 is 11.8 Å². The van der Waals surface area contributed by atoms with Gasteiger partial charge in [-0.15, -0.1) is 0 Å². The predicted octanol–water partition coefficient (Wildman–Crippen LogP) is 2.69. The number of carbonyl (C=O) groups excluding carboxylic acids is 2. The first-order valence-corrected chi connectivity index (χ1v) is 11.7. The van der Waals surface area contributed by atoms with Gasteiger partial charge >= 0.3 is 0 Å². The van der Waals surface area contributed by atoms with Crippen LogP contribution in [0.2, 0.25) is 0 Å². The SMILES string of the molecule is COc1cccc(CNC[C@H](O)[C@H](Cc2ccccc2)NC(=O)CCNC(=O)c2ccccc2)c1. The lowest BCUT2D eigenvalue weighted by Gasteiger charge is -2.25. The van der Waals surface area contributed by atoms with Crippen molar-refractivity contribution in [2.24, 2.45) is 0 Å². The fourth-order valence-corrected chi connectivity index (χ4v) is 3.70. The molecule has 2 atom stereocenters. The molecule has 35 heavy (non-hydrogen) atoms. The quantitative estimate of drug-likeness (QED) is 0.305. The maximum Gasteiger partial charge on any atom is 0.251 e. The van der Waals surface area contributed by atoms with E-state index in [-0.39, 0.29) is 24.8 Å². The monoisotopic (exact) mass is 475 g/mol. The Bertz CT molecular complexity index is 1060. The zero-order valence-electron chi connectivity index (χ0n) is 19.9. The Morgan fingerprint density at radius 2 is 1.60 bits per heavy atom. The molecule has 0 heterocycles. The Morgan fingerprint density at radius 3 is 2.31 bits per heavy atom. The molecule has 184 valence electrons. The summed E-state index contributed by atoms with van der Waals surface area (Å²) in [5.41, 5.74) is 2.60. The summed E-state index contributed by atoms with van der Waals surface area (Å²) in [6.45, 7) is 1.08. The van der Waals surface area contributed by atoms with Crippen LogP contribution in [0.1, 0.15) is 27.9 Å². The molecule has 0 spiro atoms. The lowest BCUT2D eigenvalue weighted by atomic mass is 10.0. The second-order valence-corrected chi connectivity index (χ2v) is 8.29. The van der Waals surface area contributed by atoms with Gasteiger partial charge in [0, 0.05) is 31.6 Å². The van der Waals surface area contributed by atoms with E-state index in [1.165, 1.54) is 0 Å². The summed E-state index contributed by atoms with van der Waals surface area (Å²) in [6.07, 6.45) is -0.192. The molecular formula is C28H33N3O4. The van der Waals surface area contributed by atoms with Crippen LogP contribution in [-0.2, 0) is 17.8 Å². The molecule has 2 amide bonds. The fraction of sp³-hybridized carbons (Fsp3) is 0.286. The number of carbonyl (C=O) groups is 2. The summed E-state index contributed by atoms with van der Waals surface area (Å²) < 4.78 is 5.25. The molecule has 3 aromatic carbocycles. The molecule has 7 heteroatoms. The van der Waals surface area contributed by atoms with Crippen LogP contribution in [0, 0.1) is 0 Å². The van der Waals surface area contributed by atoms with E-state index in [2.05, 4.69) is 16.0 Å². The maximum absolute atomic E-state index is 12.6. The molecule has 0 aliphatic carbocycles. The second-order valence-electron chi connectivity index (χ2n) is 8.29. The molecule has 3 aromatic rings. The molecule has 0 radical (unpaired) electrons. The van der Waals surface area contributed by atoms with Crippen LogP contribution in [0.5, 0.6) is 5.75 Å². The van der Waals surface area contributed by atoms with Crippen molar-refractivity contribution in [2.45, 2.75) is 31.5 Å². The first-order valence-electron chi connectivity index (χ1n) is 11.7. The van der Waals surface area contributed by atoms with E-state index in [9.17, 15) is 14.7 Å². The predicted molar refractivity (Wildman–Crippen MR) is 136 cm³/mol. The Labute approximate surface area is 206 Å². The Morgan fingerprint density at radius 1 is 0.914 bits per heavy atom. The van der Waals surface area contributed by atoms with Gasteiger partial charge in [0.05, 0.1) is 19.3 Å². The van der Waals surface area contributed by atoms with Crippen LogP contribution in [0.4, 0.5) is 0 Å². The minimum atomic E-state index is -0.802. The van der Waals surface area contributed by atoms with Crippen molar-refractivity contribution in [2.75, 3.05) is 20.2 Å². The third-order valence-electron chi connectivity index (χ3n) is 5.60. The standard InChI is InChI=1S/C28H33N3O4/c1-35-24-14-8-11-22(17-24)19-29-20-26(32)25(18-21-9-4-2-5-10-21)31-27(33)15-16-30-28(34)23-12-6-3-7-13-23/h2-14,17,25-26,29,32H,15-16,18-20H2,1H3,(H,30,34)(H,31,33)/t25-,26-/m0/s1. The van der Waals surface area contributed by atoms with Gasteiger partial charge in [0.2, 0.25) is 5.91 Å². The third-order valence-corrected chi connectivity index (χ3v) is 5.60. The van der Waals surface area contributed by atoms with Crippen LogP contribution < -0.4 is 20.7 Å². The van der Waals surface area contributed by atoms with Crippen molar-refractivity contribution in [3.63, 3.8) is 0 Å². The van der Waals surface area contributed by atoms with E-state index in [1.807, 2.05) is 60.7 Å². The van der Waals surface area contributed by atoms with Crippen molar-refractivity contribution in [1.82, 2.24) is 16.0 Å². The Kier molecular flexibility index (Phi) is 10.3. The number of hydrogen-bond donors (Lipinski definition) is 4. The number of amides is 2. The summed E-state index contributed by atoms with van der Waals surface area (Å²) in [6, 6.07) is 25.8. The summed E-state index contributed by atoms with van der Waals surface area (Å²) in [4.78, 5) is 24.8. The second kappa shape index (κ2) is 13.9. The maximum atomic E-state index is 12.6. The average Bonchev–Trinajstić information content (AvgIpc) is 2.89. The van der Waals surface area contributed by atoms with E-state index >= 15 is 0 Å². The first-order chi connectivity index (χ1) is 17.0. The van der Waals surface area contributed by atoms with E-state index in [1.54, 1.807) is 31.4 Å². The van der Waals surface area contributed by atoms with Crippen molar-refractivity contribution in [3.8, 4) is 5.75 Å². The van der Waals surface area contributed by atoms with Crippen molar-refractivity contribution < 1.29 is 19.4 Å². The zero-order valence-corrected chi connectivity index (χ0v) is 19.9. The lowest BCUT2D eigenvalue weighted by molar-refractivity contribution is -0.122. The van der Waals surface area contributed by atoms with Crippen molar-refractivity contribution in [1.29, 1.82) is 0 Å². The molecule has 0 bridgehead atoms. The number of aliphatic hydroxyl groups excluding tert-OH is 1. The lowest BCUT2D eigenvalue weighted by Crippen LogP contribution is -2.49. The van der Waals surface area contributed by atoms with E-state index < -0.39 is 12.1 Å². The van der Waals surface area contributed by atoms with Crippen LogP contribution in [0.15, 0.2) is 84.9 Å². The minimum absolute atomic E-state index is 0.119. The molecule has 7 nitrogen and oxygen atoms in total. The number of ether oxygens (including phenoxy) is 1. The fourth-order valence-electron chi connectivity index (χ4n) is 3.70. The smallest absolute Gasteiger partial charge is 0.251 e. The largest absolute Gasteiger partial charge is 0.497 e. The van der Waals surface area contributed by atoms with Crippen molar-refractivity contribution in [3.05, 3.63) is 102 Å². The van der Waals surface area contributed by atoms with Gasteiger partial charge in [0.25, 0.3) is 5.91 Å². The molecule has 0 saturated carbocycles. The average molecular weight is 476 g/mol. The molecule has 0 saturated heterocycles. The van der Waals surface area contributed by atoms with Gasteiger partial charge in [-0.1, -0.05) is 60.7 Å². The number of rotatable bonds is 13. The molecule has 0 fully saturated rings. The number of benzene rings is 3. The summed E-state index contributed by atoms with van der Waals surface area (Å²) >= 11 is 0. The Balaban J connectivity index is 1.52. The van der Waals surface area contributed by atoms with Gasteiger partial charge < -0.3 is 25.8 Å². The third kappa shape index (κ3) is 8.88. The van der Waals surface area contributed by atoms with Gasteiger partial charge in [-0.25, -0.2) is 0 Å². The summed E-state index contributed by atoms with van der Waals surface area (Å²) in [7, 11) is 1.63. The number of hydrogen-bond acceptors (Lipinski definition) is 5. The highest BCUT2D eigenvalue weighted by molar-refractivity contribution is 5.94. The molecule has 4 N–H and O–H groups in total. The molecule has 3 rings (SSSR count). The van der Waals surface area contributed by atoms with Gasteiger partial charge in [-0.3, -0.25) is 9.59 Å². The highest BCUT2D eigenvalue weighted by atomic mass is 16.5. The summed E-state index contributed by atoms with van der Waals surface area (Å²) in [5.74, 6) is 0.325. The highest BCUT2D eigenvalue weighted by Gasteiger charge is 2.21. The Hall–Kier alpha value is -3.68. The molecule has 0 aromatic heterocycles. The van der Waals surface area contributed by atoms with Gasteiger partial charge in [0.1, 0.15) is 5.75 Å². The number of nitrogens with one attached hydrogen (secondary N) is 3. The summed E-state index contributed by atoms with van der Waals surface area (Å²) in [5, 5.41) is 19.8. The van der Waals surface area contributed by atoms with Crippen LogP contribution in [-0.4, -0.2) is 49.3 Å². The topological polar surface area (TPSA) is 99.7 Å². The number of aliphatic hydroxyl groups is 1. The van der Waals surface area contributed by atoms with Gasteiger partial charge in [0.15, 0.2) is 0 Å². The van der Waals surface area contributed by atoms with Crippen LogP contribution in [0.3, 0.4) is 0 Å². The molecule has 0 aliphatic rings. The molecule has 0 unspecified atom stereocenters. The van der Waals surface area contributed by atoms with E-state index in [0.29, 0.717) is 25.1 Å². The minimum Gasteiger partial charge on any atom is -0.497 e. The van der Waals surface area contributed by atoms with E-state index in [4.69, 9.17) is 4.74 Å². The van der Waals surface area contributed by atoms with Gasteiger partial charge in [-0.2, -0.15) is 0 Å².